The van der Waals surface area contributed by atoms with Gasteiger partial charge in [-0.3, -0.25) is 4.79 Å². The van der Waals surface area contributed by atoms with E-state index in [0.29, 0.717) is 0 Å². The molecule has 0 heterocycles. The van der Waals surface area contributed by atoms with Crippen molar-refractivity contribution in [3.8, 4) is 0 Å². The number of carbonyl (C=O) groups excluding carboxylic acids is 1. The highest BCUT2D eigenvalue weighted by molar-refractivity contribution is 5.94. The first-order chi connectivity index (χ1) is 6.75. The van der Waals surface area contributed by atoms with Gasteiger partial charge in [-0.2, -0.15) is 0 Å². The van der Waals surface area contributed by atoms with Crippen molar-refractivity contribution in [1.29, 1.82) is 0 Å². The van der Waals surface area contributed by atoms with Crippen molar-refractivity contribution in [1.82, 2.24) is 5.32 Å². The van der Waals surface area contributed by atoms with Gasteiger partial charge in [0.15, 0.2) is 5.78 Å². The second kappa shape index (κ2) is 5.63. The average Bonchev–Trinajstić information content (AvgIpc) is 2.19. The fourth-order valence-electron chi connectivity index (χ4n) is 1.60. The molecule has 0 saturated heterocycles. The lowest BCUT2D eigenvalue weighted by Gasteiger charge is -2.15. The number of unbranched alkanes of at least 4 members (excludes halogenated alkanes) is 1. The van der Waals surface area contributed by atoms with Crippen molar-refractivity contribution in [3.63, 3.8) is 0 Å². The molecule has 0 fully saturated rings. The lowest BCUT2D eigenvalue weighted by molar-refractivity contribution is -0.113. The fourth-order valence-corrected chi connectivity index (χ4v) is 1.60. The number of allylic oxidation sites excluding steroid dienone is 3. The van der Waals surface area contributed by atoms with Crippen molar-refractivity contribution in [2.45, 2.75) is 39.5 Å². The zero-order valence-electron chi connectivity index (χ0n) is 9.10. The molecule has 0 aliphatic heterocycles. The summed E-state index contributed by atoms with van der Waals surface area (Å²) in [4.78, 5) is 11.3. The topological polar surface area (TPSA) is 29.1 Å². The van der Waals surface area contributed by atoms with Gasteiger partial charge in [0.05, 0.1) is 0 Å². The highest BCUT2D eigenvalue weighted by Gasteiger charge is 2.11. The van der Waals surface area contributed by atoms with Crippen molar-refractivity contribution in [2.24, 2.45) is 0 Å². The summed E-state index contributed by atoms with van der Waals surface area (Å²) >= 11 is 0. The number of carbonyl (C=O) groups is 1. The van der Waals surface area contributed by atoms with Gasteiger partial charge in [-0.25, -0.2) is 0 Å². The van der Waals surface area contributed by atoms with Crippen LogP contribution in [0.15, 0.2) is 23.4 Å². The molecule has 14 heavy (non-hydrogen) atoms. The first-order valence-corrected chi connectivity index (χ1v) is 5.40. The zero-order chi connectivity index (χ0) is 10.4. The molecule has 0 aromatic rings. The van der Waals surface area contributed by atoms with E-state index in [9.17, 15) is 4.79 Å². The van der Waals surface area contributed by atoms with Gasteiger partial charge in [0.1, 0.15) is 0 Å². The fraction of sp³-hybridized carbons (Fsp3) is 0.583. The van der Waals surface area contributed by atoms with Crippen LogP contribution in [0.5, 0.6) is 0 Å². The van der Waals surface area contributed by atoms with Crippen molar-refractivity contribution in [2.75, 3.05) is 6.54 Å². The molecule has 0 atom stereocenters. The van der Waals surface area contributed by atoms with Crippen LogP contribution in [0.1, 0.15) is 41.0 Å². The van der Waals surface area contributed by atoms with Crippen molar-refractivity contribution < 1.29 is 6.22 Å². The Balaban J connectivity index is 0.00000196. The van der Waals surface area contributed by atoms with Crippen LogP contribution in [-0.4, -0.2) is 12.3 Å². The van der Waals surface area contributed by atoms with E-state index < -0.39 is 0 Å². The highest BCUT2D eigenvalue weighted by atomic mass is 16.1. The molecule has 1 aliphatic rings. The van der Waals surface area contributed by atoms with Crippen LogP contribution in [0.25, 0.3) is 0 Å². The molecule has 0 radical (unpaired) electrons. The monoisotopic (exact) mass is 195 g/mol. The lowest BCUT2D eigenvalue weighted by atomic mass is 9.99. The first-order valence-electron chi connectivity index (χ1n) is 5.40. The Morgan fingerprint density at radius 3 is 3.07 bits per heavy atom. The van der Waals surface area contributed by atoms with Gasteiger partial charge in [0, 0.05) is 19.2 Å². The van der Waals surface area contributed by atoms with E-state index in [-0.39, 0.29) is 7.21 Å². The van der Waals surface area contributed by atoms with E-state index in [1.54, 1.807) is 6.92 Å². The standard InChI is InChI=1S/C12H19NO.H2/c1-3-4-9-13-12-8-6-5-7-11(12)10(2)14;/h6,8,13H,3-5,7,9H2,1-2H3;1H. The Morgan fingerprint density at radius 2 is 2.43 bits per heavy atom. The molecule has 1 aliphatic carbocycles. The third-order valence-electron chi connectivity index (χ3n) is 2.44. The van der Waals surface area contributed by atoms with Crippen LogP contribution in [-0.2, 0) is 4.79 Å². The van der Waals surface area contributed by atoms with E-state index in [1.807, 2.05) is 6.08 Å². The van der Waals surface area contributed by atoms with Crippen molar-refractivity contribution >= 4 is 5.78 Å². The molecule has 0 amide bonds. The van der Waals surface area contributed by atoms with Crippen LogP contribution in [0.3, 0.4) is 0 Å². The second-order valence-corrected chi connectivity index (χ2v) is 3.67. The van der Waals surface area contributed by atoms with Gasteiger partial charge in [-0.1, -0.05) is 19.4 Å². The molecule has 2 heteroatoms. The van der Waals surface area contributed by atoms with Crippen LogP contribution in [0.2, 0.25) is 0 Å². The maximum absolute atomic E-state index is 11.3. The summed E-state index contributed by atoms with van der Waals surface area (Å²) in [5, 5.41) is 3.33. The number of nitrogens with one attached hydrogen (secondary N) is 1. The van der Waals surface area contributed by atoms with E-state index in [0.717, 1.165) is 37.1 Å². The first kappa shape index (κ1) is 11.0. The molecule has 0 spiro atoms. The smallest absolute Gasteiger partial charge is 0.157 e. The minimum Gasteiger partial charge on any atom is -0.385 e. The van der Waals surface area contributed by atoms with Crippen LogP contribution >= 0.6 is 0 Å². The van der Waals surface area contributed by atoms with Crippen LogP contribution < -0.4 is 5.32 Å². The molecule has 0 bridgehead atoms. The normalized spacial score (nSPS) is 15.9. The van der Waals surface area contributed by atoms with E-state index in [2.05, 4.69) is 18.3 Å². The predicted molar refractivity (Wildman–Crippen MR) is 61.1 cm³/mol. The molecular weight excluding hydrogens is 174 g/mol. The average molecular weight is 195 g/mol. The summed E-state index contributed by atoms with van der Waals surface area (Å²) in [6.45, 7) is 4.78. The van der Waals surface area contributed by atoms with Gasteiger partial charge in [-0.15, -0.1) is 0 Å². The summed E-state index contributed by atoms with van der Waals surface area (Å²) in [7, 11) is 0. The quantitative estimate of drug-likeness (QED) is 0.683. The van der Waals surface area contributed by atoms with E-state index in [1.165, 1.54) is 6.42 Å². The summed E-state index contributed by atoms with van der Waals surface area (Å²) in [5.41, 5.74) is 2.00. The minimum atomic E-state index is 0. The Bertz CT molecular complexity index is 269. The number of hydrogen-bond donors (Lipinski definition) is 1. The molecule has 1 N–H and O–H groups in total. The van der Waals surface area contributed by atoms with E-state index in [4.69, 9.17) is 0 Å². The number of Topliss-reactive ketones (excluding diaryl/α,β-unsaturated/α-hetero) is 1. The Kier molecular flexibility index (Phi) is 4.44. The zero-order valence-corrected chi connectivity index (χ0v) is 9.10. The number of hydrogen-bond acceptors (Lipinski definition) is 2. The Morgan fingerprint density at radius 1 is 1.64 bits per heavy atom. The summed E-state index contributed by atoms with van der Waals surface area (Å²) in [5.74, 6) is 0.202. The van der Waals surface area contributed by atoms with Crippen LogP contribution in [0, 0.1) is 0 Å². The maximum Gasteiger partial charge on any atom is 0.157 e. The highest BCUT2D eigenvalue weighted by Crippen LogP contribution is 2.17. The molecule has 80 valence electrons. The molecule has 0 saturated carbocycles. The Hall–Kier alpha value is -1.05. The van der Waals surface area contributed by atoms with Gasteiger partial charge in [-0.05, 0) is 32.3 Å². The van der Waals surface area contributed by atoms with Gasteiger partial charge in [0.25, 0.3) is 0 Å². The molecule has 0 unspecified atom stereocenters. The minimum absolute atomic E-state index is 0. The van der Waals surface area contributed by atoms with E-state index >= 15 is 0 Å². The molecule has 0 aromatic heterocycles. The number of rotatable bonds is 5. The Labute approximate surface area is 87.6 Å². The molecule has 1 rings (SSSR count). The summed E-state index contributed by atoms with van der Waals surface area (Å²) in [6, 6.07) is 0. The summed E-state index contributed by atoms with van der Waals surface area (Å²) in [6.07, 6.45) is 8.38. The van der Waals surface area contributed by atoms with Gasteiger partial charge < -0.3 is 5.32 Å². The molecule has 2 nitrogen and oxygen atoms in total. The third kappa shape index (κ3) is 3.02. The molecule has 0 aromatic carbocycles. The number of ketones is 1. The third-order valence-corrected chi connectivity index (χ3v) is 2.44. The molecular formula is C12H21NO. The summed E-state index contributed by atoms with van der Waals surface area (Å²) < 4.78 is 0. The maximum atomic E-state index is 11.3. The SMILES string of the molecule is CCCCNC1=C(C(C)=O)CCC=C1.[HH]. The van der Waals surface area contributed by atoms with Gasteiger partial charge >= 0.3 is 0 Å². The lowest BCUT2D eigenvalue weighted by Crippen LogP contribution is -2.19. The second-order valence-electron chi connectivity index (χ2n) is 3.67. The predicted octanol–water partition coefficient (Wildman–Crippen LogP) is 2.82. The van der Waals surface area contributed by atoms with Crippen LogP contribution in [0.4, 0.5) is 0 Å². The van der Waals surface area contributed by atoms with Crippen molar-refractivity contribution in [3.05, 3.63) is 23.4 Å². The largest absolute Gasteiger partial charge is 0.385 e. The van der Waals surface area contributed by atoms with Gasteiger partial charge in [0.2, 0.25) is 0 Å².